The van der Waals surface area contributed by atoms with E-state index in [-0.39, 0.29) is 0 Å². The van der Waals surface area contributed by atoms with E-state index in [4.69, 9.17) is 0 Å². The molecule has 0 aromatic carbocycles. The largest absolute Gasteiger partial charge is 0.300 e. The fourth-order valence-electron chi connectivity index (χ4n) is 1.81. The number of thioether (sulfide) groups is 1. The van der Waals surface area contributed by atoms with Crippen LogP contribution in [0.25, 0.3) is 0 Å². The quantitative estimate of drug-likeness (QED) is 0.671. The molecule has 1 fully saturated rings. The summed E-state index contributed by atoms with van der Waals surface area (Å²) in [5.41, 5.74) is 0. The molecule has 0 radical (unpaired) electrons. The molecule has 70 valence electrons. The summed E-state index contributed by atoms with van der Waals surface area (Å²) in [4.78, 5) is 10.8. The van der Waals surface area contributed by atoms with E-state index in [1.165, 1.54) is 25.7 Å². The van der Waals surface area contributed by atoms with Crippen molar-refractivity contribution in [1.82, 2.24) is 0 Å². The Morgan fingerprint density at radius 1 is 1.50 bits per heavy atom. The van der Waals surface area contributed by atoms with E-state index in [9.17, 15) is 4.79 Å². The van der Waals surface area contributed by atoms with Crippen LogP contribution in [0.4, 0.5) is 0 Å². The zero-order chi connectivity index (χ0) is 8.97. The lowest BCUT2D eigenvalue weighted by Crippen LogP contribution is -2.08. The maximum absolute atomic E-state index is 10.8. The van der Waals surface area contributed by atoms with Crippen LogP contribution in [0.15, 0.2) is 0 Å². The zero-order valence-electron chi connectivity index (χ0n) is 8.01. The summed E-state index contributed by atoms with van der Waals surface area (Å²) < 4.78 is 0. The minimum Gasteiger partial charge on any atom is -0.300 e. The summed E-state index contributed by atoms with van der Waals surface area (Å²) in [6.45, 7) is 3.86. The molecule has 0 aliphatic heterocycles. The third-order valence-corrected chi connectivity index (χ3v) is 3.79. The Balaban J connectivity index is 2.16. The lowest BCUT2D eigenvalue weighted by atomic mass is 10.2. The van der Waals surface area contributed by atoms with Gasteiger partial charge in [0.25, 0.3) is 0 Å². The molecule has 1 atom stereocenters. The summed E-state index contributed by atoms with van der Waals surface area (Å²) in [7, 11) is 0. The standard InChI is InChI=1S/C10H18OS/c1-8(11)7-9(2)12-10-5-3-4-6-10/h9-10H,3-7H2,1-2H3. The van der Waals surface area contributed by atoms with Crippen molar-refractivity contribution < 1.29 is 4.79 Å². The van der Waals surface area contributed by atoms with Crippen LogP contribution in [-0.4, -0.2) is 16.3 Å². The van der Waals surface area contributed by atoms with Gasteiger partial charge in [0.15, 0.2) is 0 Å². The highest BCUT2D eigenvalue weighted by Gasteiger charge is 2.18. The maximum Gasteiger partial charge on any atom is 0.130 e. The van der Waals surface area contributed by atoms with Crippen LogP contribution < -0.4 is 0 Å². The predicted molar refractivity (Wildman–Crippen MR) is 54.6 cm³/mol. The summed E-state index contributed by atoms with van der Waals surface area (Å²) >= 11 is 2.01. The first-order chi connectivity index (χ1) is 5.68. The van der Waals surface area contributed by atoms with Crippen LogP contribution >= 0.6 is 11.8 Å². The van der Waals surface area contributed by atoms with Crippen LogP contribution in [-0.2, 0) is 4.79 Å². The van der Waals surface area contributed by atoms with Gasteiger partial charge >= 0.3 is 0 Å². The first kappa shape index (κ1) is 10.1. The van der Waals surface area contributed by atoms with E-state index in [2.05, 4.69) is 6.92 Å². The normalized spacial score (nSPS) is 21.2. The number of Topliss-reactive ketones (excluding diaryl/α,β-unsaturated/α-hetero) is 1. The summed E-state index contributed by atoms with van der Waals surface area (Å²) in [6.07, 6.45) is 6.27. The molecule has 0 N–H and O–H groups in total. The average molecular weight is 186 g/mol. The van der Waals surface area contributed by atoms with Crippen molar-refractivity contribution >= 4 is 17.5 Å². The topological polar surface area (TPSA) is 17.1 Å². The molecule has 12 heavy (non-hydrogen) atoms. The molecule has 1 aliphatic rings. The molecule has 0 bridgehead atoms. The second-order valence-corrected chi connectivity index (χ2v) is 5.50. The summed E-state index contributed by atoms with van der Waals surface area (Å²) in [5, 5.41) is 1.38. The second-order valence-electron chi connectivity index (χ2n) is 3.76. The van der Waals surface area contributed by atoms with Crippen molar-refractivity contribution in [3.8, 4) is 0 Å². The van der Waals surface area contributed by atoms with Gasteiger partial charge in [-0.1, -0.05) is 19.8 Å². The predicted octanol–water partition coefficient (Wildman–Crippen LogP) is 3.03. The fraction of sp³-hybridized carbons (Fsp3) is 0.900. The third kappa shape index (κ3) is 3.61. The molecule has 0 aromatic heterocycles. The molecule has 1 nitrogen and oxygen atoms in total. The van der Waals surface area contributed by atoms with E-state index in [1.54, 1.807) is 6.92 Å². The van der Waals surface area contributed by atoms with Gasteiger partial charge < -0.3 is 0 Å². The van der Waals surface area contributed by atoms with Crippen LogP contribution in [0.1, 0.15) is 46.0 Å². The fourth-order valence-corrected chi connectivity index (χ4v) is 3.40. The molecule has 1 aliphatic carbocycles. The third-order valence-electron chi connectivity index (χ3n) is 2.30. The Bertz CT molecular complexity index is 150. The number of rotatable bonds is 4. The first-order valence-corrected chi connectivity index (χ1v) is 5.77. The molecule has 1 saturated carbocycles. The highest BCUT2D eigenvalue weighted by atomic mass is 32.2. The van der Waals surface area contributed by atoms with Gasteiger partial charge in [-0.05, 0) is 19.8 Å². The minimum atomic E-state index is 0.327. The Morgan fingerprint density at radius 3 is 2.58 bits per heavy atom. The number of ketones is 1. The lowest BCUT2D eigenvalue weighted by Gasteiger charge is -2.14. The van der Waals surface area contributed by atoms with Gasteiger partial charge in [0, 0.05) is 16.9 Å². The molecule has 0 aromatic rings. The van der Waals surface area contributed by atoms with E-state index < -0.39 is 0 Å². The summed E-state index contributed by atoms with van der Waals surface area (Å²) in [6, 6.07) is 0. The highest BCUT2D eigenvalue weighted by Crippen LogP contribution is 2.33. The molecular formula is C10H18OS. The average Bonchev–Trinajstić information content (AvgIpc) is 2.37. The minimum absolute atomic E-state index is 0.327. The van der Waals surface area contributed by atoms with Gasteiger partial charge in [0.05, 0.1) is 0 Å². The number of hydrogen-bond donors (Lipinski definition) is 0. The van der Waals surface area contributed by atoms with Crippen molar-refractivity contribution in [2.45, 2.75) is 56.5 Å². The van der Waals surface area contributed by atoms with Gasteiger partial charge in [-0.3, -0.25) is 4.79 Å². The van der Waals surface area contributed by atoms with Crippen molar-refractivity contribution in [3.05, 3.63) is 0 Å². The Morgan fingerprint density at radius 2 is 2.08 bits per heavy atom. The molecule has 1 unspecified atom stereocenters. The molecule has 0 heterocycles. The highest BCUT2D eigenvalue weighted by molar-refractivity contribution is 8.00. The number of hydrogen-bond acceptors (Lipinski definition) is 2. The molecule has 0 saturated heterocycles. The Kier molecular flexibility index (Phi) is 4.13. The van der Waals surface area contributed by atoms with Crippen LogP contribution in [0.3, 0.4) is 0 Å². The first-order valence-electron chi connectivity index (χ1n) is 4.83. The lowest BCUT2D eigenvalue weighted by molar-refractivity contribution is -0.116. The monoisotopic (exact) mass is 186 g/mol. The van der Waals surface area contributed by atoms with Crippen LogP contribution in [0.2, 0.25) is 0 Å². The van der Waals surface area contributed by atoms with Crippen molar-refractivity contribution in [2.75, 3.05) is 0 Å². The molecule has 0 amide bonds. The van der Waals surface area contributed by atoms with Gasteiger partial charge in [-0.2, -0.15) is 11.8 Å². The van der Waals surface area contributed by atoms with Gasteiger partial charge in [-0.15, -0.1) is 0 Å². The van der Waals surface area contributed by atoms with Crippen molar-refractivity contribution in [3.63, 3.8) is 0 Å². The van der Waals surface area contributed by atoms with Gasteiger partial charge in [-0.25, -0.2) is 0 Å². The van der Waals surface area contributed by atoms with Gasteiger partial charge in [0.2, 0.25) is 0 Å². The summed E-state index contributed by atoms with van der Waals surface area (Å²) in [5.74, 6) is 0.327. The zero-order valence-corrected chi connectivity index (χ0v) is 8.82. The SMILES string of the molecule is CC(=O)CC(C)SC1CCCC1. The second kappa shape index (κ2) is 4.90. The van der Waals surface area contributed by atoms with E-state index in [0.29, 0.717) is 11.0 Å². The Labute approximate surface area is 79.3 Å². The van der Waals surface area contributed by atoms with E-state index in [1.807, 2.05) is 11.8 Å². The van der Waals surface area contributed by atoms with Crippen LogP contribution in [0, 0.1) is 0 Å². The van der Waals surface area contributed by atoms with E-state index >= 15 is 0 Å². The number of carbonyl (C=O) groups excluding carboxylic acids is 1. The smallest absolute Gasteiger partial charge is 0.130 e. The van der Waals surface area contributed by atoms with Crippen LogP contribution in [0.5, 0.6) is 0 Å². The van der Waals surface area contributed by atoms with Gasteiger partial charge in [0.1, 0.15) is 5.78 Å². The maximum atomic E-state index is 10.8. The van der Waals surface area contributed by atoms with Crippen molar-refractivity contribution in [1.29, 1.82) is 0 Å². The number of carbonyl (C=O) groups is 1. The molecule has 2 heteroatoms. The molecule has 1 rings (SSSR count). The Hall–Kier alpha value is 0.0200. The van der Waals surface area contributed by atoms with Crippen molar-refractivity contribution in [2.24, 2.45) is 0 Å². The van der Waals surface area contributed by atoms with E-state index in [0.717, 1.165) is 11.7 Å². The molecular weight excluding hydrogens is 168 g/mol. The molecule has 0 spiro atoms.